The van der Waals surface area contributed by atoms with Gasteiger partial charge in [-0.05, 0) is 25.0 Å². The van der Waals surface area contributed by atoms with Gasteiger partial charge in [0.1, 0.15) is 0 Å². The molecule has 112 valence electrons. The molecule has 1 saturated heterocycles. The number of methoxy groups -OCH3 is 1. The lowest BCUT2D eigenvalue weighted by atomic mass is 10.1. The molecule has 1 aromatic rings. The lowest BCUT2D eigenvalue weighted by molar-refractivity contribution is 0.108. The predicted octanol–water partition coefficient (Wildman–Crippen LogP) is 0.562. The van der Waals surface area contributed by atoms with Gasteiger partial charge in [-0.15, -0.1) is 0 Å². The molecule has 6 nitrogen and oxygen atoms in total. The fourth-order valence-electron chi connectivity index (χ4n) is 2.24. The number of hydrogen-bond acceptors (Lipinski definition) is 5. The van der Waals surface area contributed by atoms with Crippen molar-refractivity contribution in [1.82, 2.24) is 4.31 Å². The van der Waals surface area contributed by atoms with Gasteiger partial charge in [-0.1, -0.05) is 0 Å². The number of nitrogens with two attached hydrogens (primary N) is 1. The zero-order valence-corrected chi connectivity index (χ0v) is 11.9. The number of halogens is 1. The van der Waals surface area contributed by atoms with Gasteiger partial charge in [0.05, 0.1) is 23.8 Å². The van der Waals surface area contributed by atoms with E-state index in [1.807, 2.05) is 0 Å². The molecule has 1 heterocycles. The summed E-state index contributed by atoms with van der Waals surface area (Å²) in [4.78, 5) is -0.234. The summed E-state index contributed by atoms with van der Waals surface area (Å²) in [5.41, 5.74) is 5.51. The molecular weight excluding hydrogens is 287 g/mol. The number of aliphatic hydroxyl groups excluding tert-OH is 1. The van der Waals surface area contributed by atoms with Crippen molar-refractivity contribution in [3.05, 3.63) is 17.9 Å². The van der Waals surface area contributed by atoms with Crippen LogP contribution in [-0.4, -0.2) is 44.1 Å². The minimum absolute atomic E-state index is 0.00981. The van der Waals surface area contributed by atoms with E-state index in [1.54, 1.807) is 0 Å². The number of ether oxygens (including phenoxy) is 1. The van der Waals surface area contributed by atoms with E-state index < -0.39 is 21.9 Å². The summed E-state index contributed by atoms with van der Waals surface area (Å²) < 4.78 is 44.4. The molecule has 0 bridgehead atoms. The van der Waals surface area contributed by atoms with Crippen molar-refractivity contribution in [2.75, 3.05) is 25.9 Å². The highest BCUT2D eigenvalue weighted by atomic mass is 32.2. The molecule has 0 saturated carbocycles. The zero-order chi connectivity index (χ0) is 14.9. The van der Waals surface area contributed by atoms with Gasteiger partial charge in [0, 0.05) is 13.1 Å². The van der Waals surface area contributed by atoms with E-state index in [1.165, 1.54) is 7.11 Å². The van der Waals surface area contributed by atoms with Gasteiger partial charge in [-0.2, -0.15) is 4.31 Å². The molecule has 0 unspecified atom stereocenters. The molecule has 0 aromatic heterocycles. The second kappa shape index (κ2) is 5.55. The summed E-state index contributed by atoms with van der Waals surface area (Å²) in [7, 11) is -2.61. The molecule has 1 aliphatic rings. The molecule has 0 radical (unpaired) electrons. The Hall–Kier alpha value is -1.38. The third-order valence-corrected chi connectivity index (χ3v) is 5.09. The quantitative estimate of drug-likeness (QED) is 0.796. The number of rotatable bonds is 3. The summed E-state index contributed by atoms with van der Waals surface area (Å²) in [5.74, 6) is -1.01. The second-order valence-corrected chi connectivity index (χ2v) is 6.62. The maximum absolute atomic E-state index is 13.7. The van der Waals surface area contributed by atoms with Crippen LogP contribution < -0.4 is 10.5 Å². The Balaban J connectivity index is 2.39. The number of piperidine rings is 1. The Morgan fingerprint density at radius 1 is 1.50 bits per heavy atom. The Kier molecular flexibility index (Phi) is 4.17. The number of nitrogen functional groups attached to an aromatic ring is 1. The van der Waals surface area contributed by atoms with Crippen molar-refractivity contribution in [2.24, 2.45) is 0 Å². The monoisotopic (exact) mass is 304 g/mol. The normalized spacial score (nSPS) is 20.9. The highest BCUT2D eigenvalue weighted by molar-refractivity contribution is 7.89. The standard InChI is InChI=1S/C12H17FN2O4S/c1-19-12-10(13)5-9(6-11(12)14)20(17,18)15-4-2-3-8(16)7-15/h5-6,8,16H,2-4,7,14H2,1H3/t8-/m0/s1. The molecule has 0 aliphatic carbocycles. The molecule has 2 rings (SSSR count). The average molecular weight is 304 g/mol. The van der Waals surface area contributed by atoms with E-state index >= 15 is 0 Å². The topological polar surface area (TPSA) is 92.9 Å². The van der Waals surface area contributed by atoms with Gasteiger partial charge < -0.3 is 15.6 Å². The van der Waals surface area contributed by atoms with E-state index in [0.717, 1.165) is 16.4 Å². The summed E-state index contributed by atoms with van der Waals surface area (Å²) in [6.45, 7) is 0.308. The first-order valence-corrected chi connectivity index (χ1v) is 7.61. The first-order chi connectivity index (χ1) is 9.36. The number of β-amino-alcohol motifs (C(OH)–C–C–N with tert-alkyl or cyclic N) is 1. The van der Waals surface area contributed by atoms with Crippen molar-refractivity contribution in [1.29, 1.82) is 0 Å². The van der Waals surface area contributed by atoms with Crippen LogP contribution >= 0.6 is 0 Å². The Morgan fingerprint density at radius 2 is 2.20 bits per heavy atom. The molecule has 8 heteroatoms. The third kappa shape index (κ3) is 2.72. The molecule has 0 spiro atoms. The van der Waals surface area contributed by atoms with E-state index in [4.69, 9.17) is 10.5 Å². The van der Waals surface area contributed by atoms with Crippen molar-refractivity contribution < 1.29 is 22.7 Å². The van der Waals surface area contributed by atoms with Crippen LogP contribution in [0.3, 0.4) is 0 Å². The fraction of sp³-hybridized carbons (Fsp3) is 0.500. The first kappa shape index (κ1) is 15.0. The molecule has 3 N–H and O–H groups in total. The Bertz CT molecular complexity index is 582. The Labute approximate surface area is 117 Å². The number of anilines is 1. The Morgan fingerprint density at radius 3 is 2.75 bits per heavy atom. The number of sulfonamides is 1. The van der Waals surface area contributed by atoms with Crippen molar-refractivity contribution in [2.45, 2.75) is 23.8 Å². The lowest BCUT2D eigenvalue weighted by Gasteiger charge is -2.29. The summed E-state index contributed by atoms with van der Waals surface area (Å²) in [6, 6.07) is 2.05. The highest BCUT2D eigenvalue weighted by Gasteiger charge is 2.30. The van der Waals surface area contributed by atoms with Gasteiger partial charge in [-0.25, -0.2) is 12.8 Å². The summed E-state index contributed by atoms with van der Waals surface area (Å²) in [5, 5.41) is 9.56. The summed E-state index contributed by atoms with van der Waals surface area (Å²) in [6.07, 6.45) is 0.429. The van der Waals surface area contributed by atoms with Gasteiger partial charge in [0.25, 0.3) is 0 Å². The van der Waals surface area contributed by atoms with Crippen LogP contribution in [0.15, 0.2) is 17.0 Å². The van der Waals surface area contributed by atoms with Crippen molar-refractivity contribution >= 4 is 15.7 Å². The zero-order valence-electron chi connectivity index (χ0n) is 11.0. The largest absolute Gasteiger partial charge is 0.492 e. The van der Waals surface area contributed by atoms with E-state index in [0.29, 0.717) is 19.4 Å². The van der Waals surface area contributed by atoms with Crippen LogP contribution in [0.2, 0.25) is 0 Å². The van der Waals surface area contributed by atoms with E-state index in [-0.39, 0.29) is 22.9 Å². The van der Waals surface area contributed by atoms with Crippen molar-refractivity contribution in [3.63, 3.8) is 0 Å². The molecule has 1 atom stereocenters. The maximum atomic E-state index is 13.7. The third-order valence-electron chi connectivity index (χ3n) is 3.25. The number of benzene rings is 1. The number of hydrogen-bond donors (Lipinski definition) is 2. The molecule has 20 heavy (non-hydrogen) atoms. The average Bonchev–Trinajstić information content (AvgIpc) is 2.38. The minimum atomic E-state index is -3.87. The van der Waals surface area contributed by atoms with Crippen LogP contribution in [0, 0.1) is 5.82 Å². The SMILES string of the molecule is COc1c(N)cc(S(=O)(=O)N2CCC[C@H](O)C2)cc1F. The molecule has 1 fully saturated rings. The van der Waals surface area contributed by atoms with Crippen molar-refractivity contribution in [3.8, 4) is 5.75 Å². The van der Waals surface area contributed by atoms with E-state index in [9.17, 15) is 17.9 Å². The molecule has 1 aromatic carbocycles. The number of aliphatic hydroxyl groups is 1. The lowest BCUT2D eigenvalue weighted by Crippen LogP contribution is -2.42. The van der Waals surface area contributed by atoms with Crippen LogP contribution in [0.5, 0.6) is 5.75 Å². The summed E-state index contributed by atoms with van der Waals surface area (Å²) >= 11 is 0. The molecule has 1 aliphatic heterocycles. The van der Waals surface area contributed by atoms with E-state index in [2.05, 4.69) is 0 Å². The van der Waals surface area contributed by atoms with Crippen LogP contribution in [-0.2, 0) is 10.0 Å². The molecular formula is C12H17FN2O4S. The van der Waals surface area contributed by atoms with Gasteiger partial charge in [-0.3, -0.25) is 0 Å². The van der Waals surface area contributed by atoms with Crippen LogP contribution in [0.1, 0.15) is 12.8 Å². The van der Waals surface area contributed by atoms with Gasteiger partial charge >= 0.3 is 0 Å². The number of nitrogens with zero attached hydrogens (tertiary/aromatic N) is 1. The fourth-order valence-corrected chi connectivity index (χ4v) is 3.81. The smallest absolute Gasteiger partial charge is 0.243 e. The minimum Gasteiger partial charge on any atom is -0.492 e. The van der Waals surface area contributed by atoms with Crippen LogP contribution in [0.25, 0.3) is 0 Å². The van der Waals surface area contributed by atoms with Gasteiger partial charge in [0.2, 0.25) is 10.0 Å². The predicted molar refractivity (Wildman–Crippen MR) is 71.4 cm³/mol. The molecule has 0 amide bonds. The first-order valence-electron chi connectivity index (χ1n) is 6.17. The second-order valence-electron chi connectivity index (χ2n) is 4.69. The maximum Gasteiger partial charge on any atom is 0.243 e. The highest BCUT2D eigenvalue weighted by Crippen LogP contribution is 2.30. The van der Waals surface area contributed by atoms with Gasteiger partial charge in [0.15, 0.2) is 11.6 Å². The van der Waals surface area contributed by atoms with Crippen LogP contribution in [0.4, 0.5) is 10.1 Å².